The Bertz CT molecular complexity index is 834. The molecular weight excluding hydrogens is 394 g/mol. The van der Waals surface area contributed by atoms with Crippen molar-refractivity contribution in [2.75, 3.05) is 56.5 Å². The molecule has 2 aliphatic heterocycles. The van der Waals surface area contributed by atoms with Crippen LogP contribution in [0.5, 0.6) is 0 Å². The Kier molecular flexibility index (Phi) is 6.79. The van der Waals surface area contributed by atoms with Gasteiger partial charge in [-0.05, 0) is 43.0 Å². The van der Waals surface area contributed by atoms with Crippen LogP contribution in [0.25, 0.3) is 0 Å². The summed E-state index contributed by atoms with van der Waals surface area (Å²) in [6, 6.07) is 6.39. The summed E-state index contributed by atoms with van der Waals surface area (Å²) in [4.78, 5) is 28.7. The molecule has 8 nitrogen and oxygen atoms in total. The smallest absolute Gasteiger partial charge is 0.254 e. The van der Waals surface area contributed by atoms with Crippen LogP contribution < -0.4 is 4.31 Å². The highest BCUT2D eigenvalue weighted by atomic mass is 32.2. The number of likely N-dealkylation sites (tertiary alicyclic amines) is 1. The van der Waals surface area contributed by atoms with Gasteiger partial charge in [-0.3, -0.25) is 13.9 Å². The van der Waals surface area contributed by atoms with Crippen LogP contribution in [0.2, 0.25) is 0 Å². The van der Waals surface area contributed by atoms with E-state index in [9.17, 15) is 18.0 Å². The van der Waals surface area contributed by atoms with Crippen molar-refractivity contribution >= 4 is 27.5 Å². The summed E-state index contributed by atoms with van der Waals surface area (Å²) in [6.07, 6.45) is 3.11. The van der Waals surface area contributed by atoms with E-state index in [4.69, 9.17) is 4.74 Å². The van der Waals surface area contributed by atoms with Crippen molar-refractivity contribution in [2.24, 2.45) is 5.92 Å². The normalized spacial score (nSPS) is 20.4. The van der Waals surface area contributed by atoms with E-state index in [1.165, 1.54) is 0 Å². The van der Waals surface area contributed by atoms with Crippen LogP contribution in [0.3, 0.4) is 0 Å². The van der Waals surface area contributed by atoms with E-state index in [1.54, 1.807) is 34.1 Å². The van der Waals surface area contributed by atoms with E-state index < -0.39 is 10.0 Å². The number of sulfonamides is 1. The first-order valence-electron chi connectivity index (χ1n) is 9.98. The molecule has 0 radical (unpaired) electrons. The third-order valence-corrected chi connectivity index (χ3v) is 6.53. The van der Waals surface area contributed by atoms with Crippen molar-refractivity contribution < 1.29 is 22.7 Å². The maximum Gasteiger partial charge on any atom is 0.254 e. The van der Waals surface area contributed by atoms with Crippen molar-refractivity contribution in [1.82, 2.24) is 9.80 Å². The highest BCUT2D eigenvalue weighted by Gasteiger charge is 2.27. The first kappa shape index (κ1) is 21.6. The zero-order chi connectivity index (χ0) is 21.0. The molecule has 0 saturated carbocycles. The molecule has 0 bridgehead atoms. The predicted molar refractivity (Wildman–Crippen MR) is 110 cm³/mol. The zero-order valence-corrected chi connectivity index (χ0v) is 17.9. The summed E-state index contributed by atoms with van der Waals surface area (Å²) >= 11 is 0. The summed E-state index contributed by atoms with van der Waals surface area (Å²) in [5.41, 5.74) is 0.865. The lowest BCUT2D eigenvalue weighted by Crippen LogP contribution is -2.46. The molecule has 0 N–H and O–H groups in total. The van der Waals surface area contributed by atoms with Gasteiger partial charge < -0.3 is 14.5 Å². The molecule has 1 atom stereocenters. The topological polar surface area (TPSA) is 87.2 Å². The van der Waals surface area contributed by atoms with Gasteiger partial charge in [-0.15, -0.1) is 0 Å². The molecule has 0 spiro atoms. The number of amides is 2. The standard InChI is InChI=1S/C20H29N3O5S/c1-16-4-3-9-22(14-16)19(24)15-23(29(2,26)27)18-7-5-17(6-8-18)20(25)21-10-12-28-13-11-21/h5-8,16H,3-4,9-15H2,1-2H3. The second-order valence-corrected chi connectivity index (χ2v) is 9.72. The predicted octanol–water partition coefficient (Wildman–Crippen LogP) is 1.18. The largest absolute Gasteiger partial charge is 0.378 e. The molecule has 1 aromatic carbocycles. The van der Waals surface area contributed by atoms with E-state index in [-0.39, 0.29) is 18.4 Å². The van der Waals surface area contributed by atoms with Crippen molar-refractivity contribution in [3.05, 3.63) is 29.8 Å². The van der Waals surface area contributed by atoms with Crippen molar-refractivity contribution in [3.8, 4) is 0 Å². The zero-order valence-electron chi connectivity index (χ0n) is 17.0. The molecule has 2 fully saturated rings. The Balaban J connectivity index is 1.73. The van der Waals surface area contributed by atoms with Crippen molar-refractivity contribution in [2.45, 2.75) is 19.8 Å². The number of piperidine rings is 1. The third kappa shape index (κ3) is 5.48. The highest BCUT2D eigenvalue weighted by Crippen LogP contribution is 2.21. The molecule has 2 saturated heterocycles. The third-order valence-electron chi connectivity index (χ3n) is 5.39. The number of carbonyl (C=O) groups is 2. The number of carbonyl (C=O) groups excluding carboxylic acids is 2. The lowest BCUT2D eigenvalue weighted by Gasteiger charge is -2.33. The van der Waals surface area contributed by atoms with Gasteiger partial charge in [0.25, 0.3) is 5.91 Å². The minimum atomic E-state index is -3.64. The first-order valence-corrected chi connectivity index (χ1v) is 11.8. The van der Waals surface area contributed by atoms with Gasteiger partial charge in [0.2, 0.25) is 15.9 Å². The van der Waals surface area contributed by atoms with E-state index in [1.807, 2.05) is 0 Å². The van der Waals surface area contributed by atoms with Gasteiger partial charge in [0.15, 0.2) is 0 Å². The monoisotopic (exact) mass is 423 g/mol. The van der Waals surface area contributed by atoms with Crippen molar-refractivity contribution in [1.29, 1.82) is 0 Å². The van der Waals surface area contributed by atoms with E-state index >= 15 is 0 Å². The van der Waals surface area contributed by atoms with Crippen LogP contribution >= 0.6 is 0 Å². The van der Waals surface area contributed by atoms with Crippen LogP contribution in [0.1, 0.15) is 30.1 Å². The molecule has 0 aliphatic carbocycles. The molecule has 0 aromatic heterocycles. The van der Waals surface area contributed by atoms with Gasteiger partial charge in [0.1, 0.15) is 6.54 Å². The van der Waals surface area contributed by atoms with Crippen LogP contribution in [0.4, 0.5) is 5.69 Å². The highest BCUT2D eigenvalue weighted by molar-refractivity contribution is 7.92. The molecule has 9 heteroatoms. The number of nitrogens with zero attached hydrogens (tertiary/aromatic N) is 3. The molecule has 2 aliphatic rings. The number of ether oxygens (including phenoxy) is 1. The molecule has 160 valence electrons. The molecule has 1 aromatic rings. The fourth-order valence-corrected chi connectivity index (χ4v) is 4.61. The summed E-state index contributed by atoms with van der Waals surface area (Å²) in [5.74, 6) is 0.115. The van der Waals surface area contributed by atoms with Crippen LogP contribution in [-0.2, 0) is 19.6 Å². The van der Waals surface area contributed by atoms with E-state index in [0.717, 1.165) is 23.4 Å². The maximum absolute atomic E-state index is 12.7. The minimum Gasteiger partial charge on any atom is -0.378 e. The molecule has 29 heavy (non-hydrogen) atoms. The number of hydrogen-bond acceptors (Lipinski definition) is 5. The lowest BCUT2D eigenvalue weighted by molar-refractivity contribution is -0.131. The van der Waals surface area contributed by atoms with Gasteiger partial charge in [-0.1, -0.05) is 6.92 Å². The van der Waals surface area contributed by atoms with Crippen molar-refractivity contribution in [3.63, 3.8) is 0 Å². The minimum absolute atomic E-state index is 0.107. The maximum atomic E-state index is 12.7. The van der Waals surface area contributed by atoms with Gasteiger partial charge in [-0.2, -0.15) is 0 Å². The van der Waals surface area contributed by atoms with E-state index in [0.29, 0.717) is 56.6 Å². The fourth-order valence-electron chi connectivity index (χ4n) is 3.76. The summed E-state index contributed by atoms with van der Waals surface area (Å²) in [7, 11) is -3.64. The fraction of sp³-hybridized carbons (Fsp3) is 0.600. The lowest BCUT2D eigenvalue weighted by atomic mass is 10.0. The summed E-state index contributed by atoms with van der Waals surface area (Å²) in [6.45, 7) is 5.29. The number of rotatable bonds is 5. The summed E-state index contributed by atoms with van der Waals surface area (Å²) in [5, 5.41) is 0. The molecule has 2 amide bonds. The second kappa shape index (κ2) is 9.13. The van der Waals surface area contributed by atoms with Crippen LogP contribution in [0.15, 0.2) is 24.3 Å². The van der Waals surface area contributed by atoms with Gasteiger partial charge in [0, 0.05) is 31.7 Å². The quantitative estimate of drug-likeness (QED) is 0.710. The number of benzene rings is 1. The number of anilines is 1. The molecule has 1 unspecified atom stereocenters. The Hall–Kier alpha value is -2.13. The second-order valence-electron chi connectivity index (χ2n) is 7.81. The Labute approximate surface area is 172 Å². The molecule has 2 heterocycles. The van der Waals surface area contributed by atoms with Gasteiger partial charge in [-0.25, -0.2) is 8.42 Å². The Morgan fingerprint density at radius 2 is 1.76 bits per heavy atom. The number of morpholine rings is 1. The van der Waals surface area contributed by atoms with Crippen LogP contribution in [-0.4, -0.2) is 82.2 Å². The average Bonchev–Trinajstić information content (AvgIpc) is 2.71. The first-order chi connectivity index (χ1) is 13.8. The van der Waals surface area contributed by atoms with Crippen LogP contribution in [0, 0.1) is 5.92 Å². The Morgan fingerprint density at radius 3 is 2.34 bits per heavy atom. The van der Waals surface area contributed by atoms with Gasteiger partial charge >= 0.3 is 0 Å². The summed E-state index contributed by atoms with van der Waals surface area (Å²) < 4.78 is 31.1. The van der Waals surface area contributed by atoms with Gasteiger partial charge in [0.05, 0.1) is 25.2 Å². The average molecular weight is 424 g/mol. The number of hydrogen-bond donors (Lipinski definition) is 0. The van der Waals surface area contributed by atoms with E-state index in [2.05, 4.69) is 6.92 Å². The SMILES string of the molecule is CC1CCCN(C(=O)CN(c2ccc(C(=O)N3CCOCC3)cc2)S(C)(=O)=O)C1. The Morgan fingerprint density at radius 1 is 1.10 bits per heavy atom. The molecule has 3 rings (SSSR count). The molecular formula is C20H29N3O5S.